The van der Waals surface area contributed by atoms with E-state index in [0.717, 1.165) is 36.7 Å². The number of para-hydroxylation sites is 1. The van der Waals surface area contributed by atoms with Crippen LogP contribution in [-0.2, 0) is 6.54 Å². The molecule has 0 amide bonds. The molecule has 0 radical (unpaired) electrons. The maximum atomic E-state index is 9.33. The standard InChI is InChI=1S/C25H34N2O3Si/c1-25(2,3)31(6,7)30-22-11-9-8-10-18(22)15-27-16-20(17-27)21-13-23(28-4)19(14-26)12-24(21)29-5/h8-13,20H,15-17H2,1-7H3. The zero-order chi connectivity index (χ0) is 22.8. The molecule has 1 saturated heterocycles. The first kappa shape index (κ1) is 23.2. The highest BCUT2D eigenvalue weighted by atomic mass is 28.4. The molecule has 1 aliphatic rings. The van der Waals surface area contributed by atoms with Gasteiger partial charge in [0.05, 0.1) is 19.8 Å². The quantitative estimate of drug-likeness (QED) is 0.530. The van der Waals surface area contributed by atoms with Gasteiger partial charge in [-0.05, 0) is 30.3 Å². The topological polar surface area (TPSA) is 54.7 Å². The van der Waals surface area contributed by atoms with Gasteiger partial charge in [0.25, 0.3) is 0 Å². The van der Waals surface area contributed by atoms with Crippen molar-refractivity contribution in [2.24, 2.45) is 0 Å². The van der Waals surface area contributed by atoms with E-state index in [-0.39, 0.29) is 5.04 Å². The van der Waals surface area contributed by atoms with Crippen molar-refractivity contribution in [3.8, 4) is 23.3 Å². The fourth-order valence-electron chi connectivity index (χ4n) is 3.63. The predicted octanol–water partition coefficient (Wildman–Crippen LogP) is 5.56. The van der Waals surface area contributed by atoms with Gasteiger partial charge in [-0.2, -0.15) is 5.26 Å². The van der Waals surface area contributed by atoms with Crippen LogP contribution in [0.5, 0.6) is 17.2 Å². The van der Waals surface area contributed by atoms with E-state index in [1.54, 1.807) is 20.3 Å². The Morgan fingerprint density at radius 3 is 2.26 bits per heavy atom. The molecule has 0 bridgehead atoms. The molecule has 0 unspecified atom stereocenters. The van der Waals surface area contributed by atoms with Crippen LogP contribution in [0, 0.1) is 11.3 Å². The first-order valence-electron chi connectivity index (χ1n) is 10.7. The largest absolute Gasteiger partial charge is 0.543 e. The highest BCUT2D eigenvalue weighted by molar-refractivity contribution is 6.74. The zero-order valence-electron chi connectivity index (χ0n) is 19.8. The molecule has 0 saturated carbocycles. The SMILES string of the molecule is COc1cc(C2CN(Cc3ccccc3O[Si](C)(C)C(C)(C)C)C2)c(OC)cc1C#N. The van der Waals surface area contributed by atoms with Crippen LogP contribution in [0.2, 0.25) is 18.1 Å². The molecule has 2 aromatic carbocycles. The minimum atomic E-state index is -1.89. The molecule has 0 aromatic heterocycles. The maximum absolute atomic E-state index is 9.33. The summed E-state index contributed by atoms with van der Waals surface area (Å²) in [6.45, 7) is 14.1. The number of hydrogen-bond donors (Lipinski definition) is 0. The summed E-state index contributed by atoms with van der Waals surface area (Å²) in [5.74, 6) is 2.72. The second-order valence-electron chi connectivity index (χ2n) is 9.77. The number of methoxy groups -OCH3 is 2. The van der Waals surface area contributed by atoms with Crippen LogP contribution >= 0.6 is 0 Å². The minimum absolute atomic E-state index is 0.160. The van der Waals surface area contributed by atoms with E-state index in [2.05, 4.69) is 69.1 Å². The Labute approximate surface area is 187 Å². The van der Waals surface area contributed by atoms with Gasteiger partial charge < -0.3 is 13.9 Å². The summed E-state index contributed by atoms with van der Waals surface area (Å²) in [6.07, 6.45) is 0. The maximum Gasteiger partial charge on any atom is 0.250 e. The number of ether oxygens (including phenoxy) is 2. The van der Waals surface area contributed by atoms with E-state index < -0.39 is 8.32 Å². The second kappa shape index (κ2) is 8.94. The predicted molar refractivity (Wildman–Crippen MR) is 127 cm³/mol. The average Bonchev–Trinajstić information content (AvgIpc) is 2.69. The molecule has 1 fully saturated rings. The summed E-state index contributed by atoms with van der Waals surface area (Å²) in [5.41, 5.74) is 2.83. The molecular formula is C25H34N2O3Si. The van der Waals surface area contributed by atoms with Crippen LogP contribution < -0.4 is 13.9 Å². The summed E-state index contributed by atoms with van der Waals surface area (Å²) in [5, 5.41) is 9.49. The van der Waals surface area contributed by atoms with Gasteiger partial charge in [0.15, 0.2) is 0 Å². The first-order valence-corrected chi connectivity index (χ1v) is 13.7. The number of hydrogen-bond acceptors (Lipinski definition) is 5. The average molecular weight is 439 g/mol. The zero-order valence-corrected chi connectivity index (χ0v) is 20.8. The third kappa shape index (κ3) is 4.89. The molecule has 0 spiro atoms. The Kier molecular flexibility index (Phi) is 6.68. The third-order valence-corrected chi connectivity index (χ3v) is 10.9. The minimum Gasteiger partial charge on any atom is -0.543 e. The Bertz CT molecular complexity index is 970. The smallest absolute Gasteiger partial charge is 0.250 e. The molecule has 166 valence electrons. The van der Waals surface area contributed by atoms with Gasteiger partial charge in [-0.1, -0.05) is 39.0 Å². The van der Waals surface area contributed by atoms with Gasteiger partial charge in [-0.3, -0.25) is 4.90 Å². The van der Waals surface area contributed by atoms with Crippen molar-refractivity contribution in [2.75, 3.05) is 27.3 Å². The first-order chi connectivity index (χ1) is 14.6. The monoisotopic (exact) mass is 438 g/mol. The highest BCUT2D eigenvalue weighted by Crippen LogP contribution is 2.40. The lowest BCUT2D eigenvalue weighted by molar-refractivity contribution is 0.136. The second-order valence-corrected chi connectivity index (χ2v) is 14.5. The summed E-state index contributed by atoms with van der Waals surface area (Å²) in [4.78, 5) is 2.42. The molecule has 31 heavy (non-hydrogen) atoms. The van der Waals surface area contributed by atoms with Gasteiger partial charge in [0, 0.05) is 42.7 Å². The van der Waals surface area contributed by atoms with E-state index in [1.807, 2.05) is 6.07 Å². The molecule has 1 heterocycles. The lowest BCUT2D eigenvalue weighted by Gasteiger charge is -2.41. The van der Waals surface area contributed by atoms with E-state index in [4.69, 9.17) is 13.9 Å². The van der Waals surface area contributed by atoms with Crippen molar-refractivity contribution in [1.29, 1.82) is 5.26 Å². The van der Waals surface area contributed by atoms with E-state index in [1.165, 1.54) is 5.56 Å². The number of rotatable bonds is 7. The van der Waals surface area contributed by atoms with E-state index >= 15 is 0 Å². The normalized spacial score (nSPS) is 15.2. The number of likely N-dealkylation sites (tertiary alicyclic amines) is 1. The number of nitrogens with zero attached hydrogens (tertiary/aromatic N) is 2. The molecule has 3 rings (SSSR count). The van der Waals surface area contributed by atoms with Crippen LogP contribution in [0.4, 0.5) is 0 Å². The Hall–Kier alpha value is -2.49. The summed E-state index contributed by atoms with van der Waals surface area (Å²) < 4.78 is 17.6. The third-order valence-electron chi connectivity index (χ3n) is 6.61. The van der Waals surface area contributed by atoms with Crippen molar-refractivity contribution in [2.45, 2.75) is 51.4 Å². The van der Waals surface area contributed by atoms with Crippen LogP contribution in [0.25, 0.3) is 0 Å². The van der Waals surface area contributed by atoms with E-state index in [0.29, 0.717) is 17.2 Å². The van der Waals surface area contributed by atoms with Crippen molar-refractivity contribution in [3.63, 3.8) is 0 Å². The Morgan fingerprint density at radius 1 is 1.03 bits per heavy atom. The molecule has 0 N–H and O–H groups in total. The van der Waals surface area contributed by atoms with Crippen molar-refractivity contribution < 1.29 is 13.9 Å². The van der Waals surface area contributed by atoms with E-state index in [9.17, 15) is 5.26 Å². The fourth-order valence-corrected chi connectivity index (χ4v) is 4.68. The lowest BCUT2D eigenvalue weighted by atomic mass is 9.89. The van der Waals surface area contributed by atoms with Gasteiger partial charge in [-0.25, -0.2) is 0 Å². The lowest BCUT2D eigenvalue weighted by Crippen LogP contribution is -2.45. The van der Waals surface area contributed by atoms with Crippen molar-refractivity contribution in [1.82, 2.24) is 4.90 Å². The Morgan fingerprint density at radius 2 is 1.68 bits per heavy atom. The molecule has 1 aliphatic heterocycles. The van der Waals surface area contributed by atoms with Gasteiger partial charge in [0.1, 0.15) is 23.3 Å². The fraction of sp³-hybridized carbons (Fsp3) is 0.480. The highest BCUT2D eigenvalue weighted by Gasteiger charge is 2.39. The Balaban J connectivity index is 1.72. The van der Waals surface area contributed by atoms with Gasteiger partial charge >= 0.3 is 0 Å². The number of benzene rings is 2. The molecule has 6 heteroatoms. The van der Waals surface area contributed by atoms with Crippen LogP contribution in [0.1, 0.15) is 43.4 Å². The summed E-state index contributed by atoms with van der Waals surface area (Å²) >= 11 is 0. The molecule has 0 atom stereocenters. The summed E-state index contributed by atoms with van der Waals surface area (Å²) in [6, 6.07) is 14.3. The van der Waals surface area contributed by atoms with Gasteiger partial charge in [-0.15, -0.1) is 0 Å². The molecular weight excluding hydrogens is 404 g/mol. The number of nitriles is 1. The van der Waals surface area contributed by atoms with Crippen molar-refractivity contribution in [3.05, 3.63) is 53.1 Å². The van der Waals surface area contributed by atoms with Crippen LogP contribution in [0.3, 0.4) is 0 Å². The van der Waals surface area contributed by atoms with Crippen LogP contribution in [-0.4, -0.2) is 40.5 Å². The molecule has 5 nitrogen and oxygen atoms in total. The van der Waals surface area contributed by atoms with Crippen LogP contribution in [0.15, 0.2) is 36.4 Å². The molecule has 0 aliphatic carbocycles. The molecule has 2 aromatic rings. The summed E-state index contributed by atoms with van der Waals surface area (Å²) in [7, 11) is 1.35. The van der Waals surface area contributed by atoms with Crippen molar-refractivity contribution >= 4 is 8.32 Å². The van der Waals surface area contributed by atoms with Gasteiger partial charge in [0.2, 0.25) is 8.32 Å².